The summed E-state index contributed by atoms with van der Waals surface area (Å²) >= 11 is 5.66. The molecule has 0 bridgehead atoms. The van der Waals surface area contributed by atoms with Crippen LogP contribution in [0.3, 0.4) is 0 Å². The predicted molar refractivity (Wildman–Crippen MR) is 53.7 cm³/mol. The van der Waals surface area contributed by atoms with Gasteiger partial charge in [0.2, 0.25) is 0 Å². The van der Waals surface area contributed by atoms with E-state index in [4.69, 9.17) is 11.6 Å². The molecule has 2 nitrogen and oxygen atoms in total. The summed E-state index contributed by atoms with van der Waals surface area (Å²) in [6.07, 6.45) is 1.69. The van der Waals surface area contributed by atoms with Crippen LogP contribution >= 0.6 is 11.6 Å². The molecule has 0 spiro atoms. The molecule has 14 heavy (non-hydrogen) atoms. The zero-order valence-electron chi connectivity index (χ0n) is 7.51. The summed E-state index contributed by atoms with van der Waals surface area (Å²) in [6.45, 7) is 1.86. The SMILES string of the molecule is Cc1ncc(-c2ccc(F)c(Cl)c2)[nH]1. The van der Waals surface area contributed by atoms with Crippen LogP contribution in [-0.2, 0) is 0 Å². The maximum atomic E-state index is 12.9. The van der Waals surface area contributed by atoms with Gasteiger partial charge in [0.15, 0.2) is 0 Å². The quantitative estimate of drug-likeness (QED) is 0.770. The van der Waals surface area contributed by atoms with Crippen LogP contribution in [0.25, 0.3) is 11.3 Å². The van der Waals surface area contributed by atoms with E-state index in [0.29, 0.717) is 0 Å². The lowest BCUT2D eigenvalue weighted by molar-refractivity contribution is 0.628. The van der Waals surface area contributed by atoms with Crippen molar-refractivity contribution in [2.45, 2.75) is 6.92 Å². The number of nitrogens with zero attached hydrogens (tertiary/aromatic N) is 1. The molecule has 2 aromatic rings. The van der Waals surface area contributed by atoms with Crippen molar-refractivity contribution in [3.8, 4) is 11.3 Å². The number of benzene rings is 1. The normalized spacial score (nSPS) is 10.5. The molecule has 1 aromatic carbocycles. The minimum Gasteiger partial charge on any atom is -0.342 e. The Morgan fingerprint density at radius 3 is 2.79 bits per heavy atom. The molecule has 0 fully saturated rings. The summed E-state index contributed by atoms with van der Waals surface area (Å²) in [5.74, 6) is 0.409. The molecule has 0 atom stereocenters. The molecule has 0 amide bonds. The average Bonchev–Trinajstić information content (AvgIpc) is 2.57. The van der Waals surface area contributed by atoms with Gasteiger partial charge >= 0.3 is 0 Å². The number of aromatic amines is 1. The molecule has 2 rings (SSSR count). The van der Waals surface area contributed by atoms with E-state index in [2.05, 4.69) is 9.97 Å². The summed E-state index contributed by atoms with van der Waals surface area (Å²) < 4.78 is 12.9. The smallest absolute Gasteiger partial charge is 0.141 e. The highest BCUT2D eigenvalue weighted by molar-refractivity contribution is 6.31. The molecule has 72 valence electrons. The topological polar surface area (TPSA) is 28.7 Å². The second-order valence-electron chi connectivity index (χ2n) is 3.01. The largest absolute Gasteiger partial charge is 0.342 e. The van der Waals surface area contributed by atoms with Crippen molar-refractivity contribution in [3.63, 3.8) is 0 Å². The number of aryl methyl sites for hydroxylation is 1. The van der Waals surface area contributed by atoms with Crippen molar-refractivity contribution in [1.82, 2.24) is 9.97 Å². The van der Waals surface area contributed by atoms with E-state index in [1.807, 2.05) is 6.92 Å². The summed E-state index contributed by atoms with van der Waals surface area (Å²) in [4.78, 5) is 7.10. The molecule has 1 aromatic heterocycles. The fraction of sp³-hybridized carbons (Fsp3) is 0.100. The lowest BCUT2D eigenvalue weighted by atomic mass is 10.2. The minimum atomic E-state index is -0.411. The van der Waals surface area contributed by atoms with Gasteiger partial charge in [-0.15, -0.1) is 0 Å². The third-order valence-electron chi connectivity index (χ3n) is 1.93. The fourth-order valence-electron chi connectivity index (χ4n) is 1.23. The number of hydrogen-bond acceptors (Lipinski definition) is 1. The van der Waals surface area contributed by atoms with Gasteiger partial charge in [-0.1, -0.05) is 11.6 Å². The number of hydrogen-bond donors (Lipinski definition) is 1. The van der Waals surface area contributed by atoms with Crippen molar-refractivity contribution in [3.05, 3.63) is 41.1 Å². The zero-order chi connectivity index (χ0) is 10.1. The molecule has 0 aliphatic rings. The Balaban J connectivity index is 2.47. The fourth-order valence-corrected chi connectivity index (χ4v) is 1.41. The number of aromatic nitrogens is 2. The van der Waals surface area contributed by atoms with Crippen LogP contribution < -0.4 is 0 Å². The van der Waals surface area contributed by atoms with Crippen LogP contribution in [0.4, 0.5) is 4.39 Å². The van der Waals surface area contributed by atoms with Crippen LogP contribution in [0.1, 0.15) is 5.82 Å². The Kier molecular flexibility index (Phi) is 2.25. The van der Waals surface area contributed by atoms with E-state index in [-0.39, 0.29) is 5.02 Å². The maximum Gasteiger partial charge on any atom is 0.141 e. The van der Waals surface area contributed by atoms with Crippen molar-refractivity contribution >= 4 is 11.6 Å². The Hall–Kier alpha value is -1.35. The van der Waals surface area contributed by atoms with Gasteiger partial charge in [-0.25, -0.2) is 9.37 Å². The second-order valence-corrected chi connectivity index (χ2v) is 3.42. The summed E-state index contributed by atoms with van der Waals surface area (Å²) in [5.41, 5.74) is 1.67. The molecule has 0 aliphatic heterocycles. The highest BCUT2D eigenvalue weighted by Crippen LogP contribution is 2.23. The number of H-pyrrole nitrogens is 1. The third-order valence-corrected chi connectivity index (χ3v) is 2.22. The number of rotatable bonds is 1. The molecule has 1 N–H and O–H groups in total. The van der Waals surface area contributed by atoms with Gasteiger partial charge in [-0.3, -0.25) is 0 Å². The highest BCUT2D eigenvalue weighted by atomic mass is 35.5. The van der Waals surface area contributed by atoms with E-state index in [1.54, 1.807) is 18.3 Å². The van der Waals surface area contributed by atoms with Gasteiger partial charge in [0.05, 0.1) is 16.9 Å². The van der Waals surface area contributed by atoms with E-state index < -0.39 is 5.82 Å². The van der Waals surface area contributed by atoms with Crippen molar-refractivity contribution in [2.75, 3.05) is 0 Å². The van der Waals surface area contributed by atoms with Crippen LogP contribution in [0.5, 0.6) is 0 Å². The Morgan fingerprint density at radius 1 is 1.43 bits per heavy atom. The predicted octanol–water partition coefficient (Wildman–Crippen LogP) is 3.18. The summed E-state index contributed by atoms with van der Waals surface area (Å²) in [5, 5.41) is 0.120. The number of halogens is 2. The van der Waals surface area contributed by atoms with Crippen LogP contribution in [0.15, 0.2) is 24.4 Å². The van der Waals surface area contributed by atoms with Crippen molar-refractivity contribution < 1.29 is 4.39 Å². The van der Waals surface area contributed by atoms with Gasteiger partial charge < -0.3 is 4.98 Å². The molecule has 0 radical (unpaired) electrons. The maximum absolute atomic E-state index is 12.9. The van der Waals surface area contributed by atoms with Gasteiger partial charge in [0, 0.05) is 5.56 Å². The number of nitrogens with one attached hydrogen (secondary N) is 1. The lowest BCUT2D eigenvalue weighted by Crippen LogP contribution is -1.81. The molecule has 0 aliphatic carbocycles. The van der Waals surface area contributed by atoms with E-state index in [1.165, 1.54) is 6.07 Å². The zero-order valence-corrected chi connectivity index (χ0v) is 8.27. The van der Waals surface area contributed by atoms with E-state index in [9.17, 15) is 4.39 Å². The van der Waals surface area contributed by atoms with E-state index in [0.717, 1.165) is 17.1 Å². The second kappa shape index (κ2) is 3.42. The molecular formula is C10H8ClFN2. The molecule has 4 heteroatoms. The van der Waals surface area contributed by atoms with Crippen molar-refractivity contribution in [1.29, 1.82) is 0 Å². The Labute approximate surface area is 85.8 Å². The first-order valence-corrected chi connectivity index (χ1v) is 4.51. The first-order chi connectivity index (χ1) is 6.66. The van der Waals surface area contributed by atoms with Gasteiger partial charge in [-0.05, 0) is 25.1 Å². The summed E-state index contributed by atoms with van der Waals surface area (Å²) in [6, 6.07) is 4.58. The minimum absolute atomic E-state index is 0.120. The molecule has 1 heterocycles. The first kappa shape index (κ1) is 9.21. The Morgan fingerprint density at radius 2 is 2.21 bits per heavy atom. The molecule has 0 saturated carbocycles. The molecular weight excluding hydrogens is 203 g/mol. The third kappa shape index (κ3) is 1.63. The molecule has 0 saturated heterocycles. The van der Waals surface area contributed by atoms with Crippen molar-refractivity contribution in [2.24, 2.45) is 0 Å². The number of imidazole rings is 1. The first-order valence-electron chi connectivity index (χ1n) is 4.14. The van der Waals surface area contributed by atoms with Gasteiger partial charge in [0.25, 0.3) is 0 Å². The van der Waals surface area contributed by atoms with Crippen LogP contribution in [0.2, 0.25) is 5.02 Å². The van der Waals surface area contributed by atoms with Gasteiger partial charge in [0.1, 0.15) is 11.6 Å². The lowest BCUT2D eigenvalue weighted by Gasteiger charge is -1.98. The highest BCUT2D eigenvalue weighted by Gasteiger charge is 2.04. The Bertz CT molecular complexity index is 465. The molecule has 0 unspecified atom stereocenters. The standard InChI is InChI=1S/C10H8ClFN2/c1-6-13-5-10(14-6)7-2-3-9(12)8(11)4-7/h2-5H,1H3,(H,13,14). The monoisotopic (exact) mass is 210 g/mol. The van der Waals surface area contributed by atoms with Crippen LogP contribution in [-0.4, -0.2) is 9.97 Å². The van der Waals surface area contributed by atoms with E-state index >= 15 is 0 Å². The van der Waals surface area contributed by atoms with Crippen LogP contribution in [0, 0.1) is 12.7 Å². The summed E-state index contributed by atoms with van der Waals surface area (Å²) in [7, 11) is 0. The average molecular weight is 211 g/mol. The van der Waals surface area contributed by atoms with Gasteiger partial charge in [-0.2, -0.15) is 0 Å².